The highest BCUT2D eigenvalue weighted by Gasteiger charge is 2.40. The zero-order valence-electron chi connectivity index (χ0n) is 35.1. The minimum Gasteiger partial charge on any atom is -0.396 e. The molecule has 8 amide bonds. The van der Waals surface area contributed by atoms with E-state index in [2.05, 4.69) is 15.3 Å². The zero-order valence-corrected chi connectivity index (χ0v) is 35.9. The number of hydrogen-bond donors (Lipinski definition) is 5. The summed E-state index contributed by atoms with van der Waals surface area (Å²) in [7, 11) is 0. The fraction of sp³-hybridized carbons (Fsp3) is 0.289. The van der Waals surface area contributed by atoms with E-state index >= 15 is 0 Å². The van der Waals surface area contributed by atoms with Crippen molar-refractivity contribution in [3.05, 3.63) is 152 Å². The van der Waals surface area contributed by atoms with E-state index in [1.807, 2.05) is 0 Å². The monoisotopic (exact) mass is 924 g/mol. The van der Waals surface area contributed by atoms with Crippen LogP contribution < -0.4 is 11.1 Å². The molecule has 20 nitrogen and oxygen atoms in total. The number of fused-ring (bicyclic) bond motifs is 4. The summed E-state index contributed by atoms with van der Waals surface area (Å²) in [6.07, 6.45) is 0.644. The number of benzene rings is 4. The summed E-state index contributed by atoms with van der Waals surface area (Å²) in [4.78, 5) is 98.7. The van der Waals surface area contributed by atoms with E-state index in [-0.39, 0.29) is 80.1 Å². The molecule has 66 heavy (non-hydrogen) atoms. The van der Waals surface area contributed by atoms with Crippen molar-refractivity contribution >= 4 is 59.7 Å². The molecular weight excluding hydrogens is 880 g/mol. The number of amides is 8. The molecule has 0 radical (unpaired) electrons. The van der Waals surface area contributed by atoms with Gasteiger partial charge in [0.2, 0.25) is 0 Å². The van der Waals surface area contributed by atoms with Crippen LogP contribution in [0.3, 0.4) is 0 Å². The number of halogens is 1. The summed E-state index contributed by atoms with van der Waals surface area (Å²) in [5.74, 6) is -1.92. The first kappa shape index (κ1) is 49.8. The molecule has 1 aliphatic carbocycles. The maximum absolute atomic E-state index is 11.9. The van der Waals surface area contributed by atoms with E-state index in [0.29, 0.717) is 70.2 Å². The van der Waals surface area contributed by atoms with Crippen LogP contribution in [-0.4, -0.2) is 142 Å². The van der Waals surface area contributed by atoms with Gasteiger partial charge < -0.3 is 25.8 Å². The summed E-state index contributed by atoms with van der Waals surface area (Å²) in [6.45, 7) is 1.06. The second kappa shape index (κ2) is 22.6. The van der Waals surface area contributed by atoms with E-state index in [4.69, 9.17) is 21.1 Å². The van der Waals surface area contributed by atoms with Crippen LogP contribution in [0.5, 0.6) is 0 Å². The van der Waals surface area contributed by atoms with Crippen molar-refractivity contribution in [2.45, 2.75) is 31.2 Å². The zero-order chi connectivity index (χ0) is 46.8. The highest BCUT2D eigenvalue weighted by molar-refractivity contribution is 6.23. The molecule has 10 rings (SSSR count). The fourth-order valence-corrected chi connectivity index (χ4v) is 6.69. The number of nitrogens with one attached hydrogen (secondary N) is 1. The van der Waals surface area contributed by atoms with Gasteiger partial charge in [0.25, 0.3) is 47.3 Å². The lowest BCUT2D eigenvalue weighted by molar-refractivity contribution is 0.0543. The number of hydrogen-bond acceptors (Lipinski definition) is 14. The first-order valence-corrected chi connectivity index (χ1v) is 20.4. The predicted molar refractivity (Wildman–Crippen MR) is 236 cm³/mol. The molecule has 1 saturated heterocycles. The van der Waals surface area contributed by atoms with Crippen molar-refractivity contribution in [1.82, 2.24) is 20.0 Å². The Morgan fingerprint density at radius 1 is 0.621 bits per heavy atom. The van der Waals surface area contributed by atoms with Gasteiger partial charge >= 0.3 is 0 Å². The van der Waals surface area contributed by atoms with Gasteiger partial charge in [-0.1, -0.05) is 53.6 Å². The number of rotatable bonds is 10. The Labute approximate surface area is 382 Å². The Bertz CT molecular complexity index is 2440. The van der Waals surface area contributed by atoms with Gasteiger partial charge in [-0.2, -0.15) is 0 Å². The average molecular weight is 925 g/mol. The number of β-amino-alcohol motifs (C(OH)–C–C–N with tert-alkyl or cyclic N) is 2. The quantitative estimate of drug-likeness (QED) is 0.0503. The molecule has 4 aromatic carbocycles. The maximum Gasteiger partial charge on any atom is 0.261 e. The predicted octanol–water partition coefficient (Wildman–Crippen LogP) is 2.62. The molecule has 6 aliphatic rings. The maximum atomic E-state index is 11.9. The Hall–Kier alpha value is -7.16. The summed E-state index contributed by atoms with van der Waals surface area (Å²) in [5.41, 5.74) is 16.7. The van der Waals surface area contributed by atoms with E-state index in [1.165, 1.54) is 17.7 Å². The molecule has 2 fully saturated rings. The minimum absolute atomic E-state index is 0. The lowest BCUT2D eigenvalue weighted by Crippen LogP contribution is -2.39. The normalized spacial score (nSPS) is 17.6. The topological polar surface area (TPSA) is 306 Å². The van der Waals surface area contributed by atoms with E-state index in [0.717, 1.165) is 9.80 Å². The smallest absolute Gasteiger partial charge is 0.261 e. The lowest BCUT2D eigenvalue weighted by Gasteiger charge is -2.16. The Balaban J connectivity index is 0.000000160. The largest absolute Gasteiger partial charge is 0.396 e. The van der Waals surface area contributed by atoms with Crippen LogP contribution in [0, 0.1) is 5.92 Å². The summed E-state index contributed by atoms with van der Waals surface area (Å²) < 4.78 is 5.02. The van der Waals surface area contributed by atoms with Crippen molar-refractivity contribution < 1.29 is 58.4 Å². The van der Waals surface area contributed by atoms with Gasteiger partial charge in [-0.15, -0.1) is 12.4 Å². The molecule has 5 heterocycles. The van der Waals surface area contributed by atoms with Gasteiger partial charge in [-0.25, -0.2) is 0 Å². The molecule has 6 N–H and O–H groups in total. The number of carbonyl (C=O) groups is 8. The van der Waals surface area contributed by atoms with Crippen LogP contribution in [0.1, 0.15) is 95.7 Å². The molecule has 3 atom stereocenters. The van der Waals surface area contributed by atoms with Gasteiger partial charge in [-0.05, 0) is 72.8 Å². The molecule has 5 aliphatic heterocycles. The second-order valence-corrected chi connectivity index (χ2v) is 15.2. The van der Waals surface area contributed by atoms with Crippen molar-refractivity contribution in [3.63, 3.8) is 0 Å². The standard InChI is InChI=1S/C11H10N4O3.C11H12N2O3.C11H9NO3.C8H5NO2.C4H8O.ClH/c12-14-13-5-7(16)6-15-10(17)8-3-1-2-4-9(8)11(15)18;12-5-7(14)6-13-10(15)8-3-1-2-4-9(8)11(13)16;13-10-8-3-1-2-4-9(8)11(14)12(10)5-7-6-15-7;10-7-5-3-1-2-4-6(5)8(11)9-7;5-3-4-1-2-4;/h1-4,7,16H,5-6H2;1-4,7,14H,5-6,12H2;1-4,7H,5-6H2;1-4H,(H,9,10,11);4-5H,1-3H2;1H/t3*7-;;;/m110.../s1. The number of aliphatic hydroxyl groups is 3. The van der Waals surface area contributed by atoms with Gasteiger partial charge in [0.05, 0.1) is 95.6 Å². The van der Waals surface area contributed by atoms with E-state index < -0.39 is 24.0 Å². The number of azide groups is 1. The molecule has 21 heteroatoms. The van der Waals surface area contributed by atoms with Gasteiger partial charge in [0.1, 0.15) is 0 Å². The van der Waals surface area contributed by atoms with Gasteiger partial charge in [0.15, 0.2) is 0 Å². The third-order valence-electron chi connectivity index (χ3n) is 10.4. The number of carbonyl (C=O) groups excluding carboxylic acids is 8. The molecule has 0 bridgehead atoms. The van der Waals surface area contributed by atoms with Gasteiger partial charge in [-0.3, -0.25) is 58.4 Å². The lowest BCUT2D eigenvalue weighted by atomic mass is 10.1. The first-order valence-electron chi connectivity index (χ1n) is 20.4. The Kier molecular flexibility index (Phi) is 17.1. The number of nitrogens with two attached hydrogens (primary N) is 1. The Morgan fingerprint density at radius 2 is 0.955 bits per heavy atom. The van der Waals surface area contributed by atoms with Crippen LogP contribution in [0.4, 0.5) is 0 Å². The molecule has 0 aromatic heterocycles. The van der Waals surface area contributed by atoms with Crippen LogP contribution in [0.2, 0.25) is 0 Å². The number of imide groups is 4. The van der Waals surface area contributed by atoms with Crippen molar-refractivity contribution in [2.75, 3.05) is 45.9 Å². The number of epoxide rings is 1. The van der Waals surface area contributed by atoms with Crippen LogP contribution in [-0.2, 0) is 4.74 Å². The SMILES string of the molecule is Cl.NC[C@@H](O)CN1C(=O)c2ccccc2C1=O.O=C1NC(=O)c2ccccc21.O=C1c2ccccc2C(=O)N1C[C@H]1CO1.OCC1CC1.[N-]=[N+]=NC[C@@H](O)CN1C(=O)c2ccccc2C1=O. The molecule has 4 aromatic rings. The summed E-state index contributed by atoms with van der Waals surface area (Å²) in [5, 5.41) is 32.5. The third-order valence-corrected chi connectivity index (χ3v) is 10.4. The van der Waals surface area contributed by atoms with Crippen molar-refractivity contribution in [1.29, 1.82) is 0 Å². The van der Waals surface area contributed by atoms with Gasteiger partial charge in [0, 0.05) is 18.1 Å². The number of ether oxygens (including phenoxy) is 1. The highest BCUT2D eigenvalue weighted by Crippen LogP contribution is 2.28. The molecular formula is C45H45ClN8O12. The van der Waals surface area contributed by atoms with Crippen LogP contribution >= 0.6 is 12.4 Å². The van der Waals surface area contributed by atoms with Crippen molar-refractivity contribution in [3.8, 4) is 0 Å². The Morgan fingerprint density at radius 3 is 1.24 bits per heavy atom. The van der Waals surface area contributed by atoms with Crippen molar-refractivity contribution in [2.24, 2.45) is 16.8 Å². The number of nitrogens with zero attached hydrogens (tertiary/aromatic N) is 6. The summed E-state index contributed by atoms with van der Waals surface area (Å²) >= 11 is 0. The fourth-order valence-electron chi connectivity index (χ4n) is 6.69. The first-order chi connectivity index (χ1) is 31.3. The van der Waals surface area contributed by atoms with Crippen LogP contribution in [0.15, 0.2) is 102 Å². The molecule has 0 spiro atoms. The summed E-state index contributed by atoms with van der Waals surface area (Å²) in [6, 6.07) is 26.7. The second-order valence-electron chi connectivity index (χ2n) is 15.2. The molecule has 344 valence electrons. The van der Waals surface area contributed by atoms with Crippen LogP contribution in [0.25, 0.3) is 10.4 Å². The molecule has 0 unspecified atom stereocenters. The third kappa shape index (κ3) is 11.7. The van der Waals surface area contributed by atoms with E-state index in [9.17, 15) is 48.6 Å². The minimum atomic E-state index is -1.05. The highest BCUT2D eigenvalue weighted by atomic mass is 35.5. The number of aliphatic hydroxyl groups excluding tert-OH is 3. The average Bonchev–Trinajstić information content (AvgIpc) is 4.27. The molecule has 1 saturated carbocycles. The van der Waals surface area contributed by atoms with E-state index in [1.54, 1.807) is 97.1 Å².